The first-order chi connectivity index (χ1) is 15.0. The lowest BCUT2D eigenvalue weighted by Gasteiger charge is -2.22. The van der Waals surface area contributed by atoms with Crippen LogP contribution in [0.25, 0.3) is 0 Å². The Morgan fingerprint density at radius 1 is 0.935 bits per heavy atom. The Bertz CT molecular complexity index is 1110. The normalized spacial score (nSPS) is 11.8. The van der Waals surface area contributed by atoms with E-state index in [-0.39, 0.29) is 18.6 Å². The summed E-state index contributed by atoms with van der Waals surface area (Å²) in [5.74, 6) is 1.11. The fraction of sp³-hybridized carbons (Fsp3) is 0.200. The number of nitrogens with zero attached hydrogens (tertiary/aromatic N) is 1. The number of ether oxygens (including phenoxy) is 2. The quantitative estimate of drug-likeness (QED) is 0.636. The summed E-state index contributed by atoms with van der Waals surface area (Å²) in [5, 5.41) is 2.92. The van der Waals surface area contributed by atoms with Crippen LogP contribution < -0.4 is 14.8 Å². The summed E-state index contributed by atoms with van der Waals surface area (Å²) in [4.78, 5) is 27.5. The van der Waals surface area contributed by atoms with Gasteiger partial charge in [0.25, 0.3) is 11.8 Å². The van der Waals surface area contributed by atoms with Gasteiger partial charge < -0.3 is 19.7 Å². The number of hydrogen-bond acceptors (Lipinski definition) is 4. The lowest BCUT2D eigenvalue weighted by molar-refractivity contribution is 0.0752. The second-order valence-electron chi connectivity index (χ2n) is 7.36. The van der Waals surface area contributed by atoms with Crippen LogP contribution in [0.2, 0.25) is 0 Å². The zero-order chi connectivity index (χ0) is 21.8. The molecule has 4 rings (SSSR count). The van der Waals surface area contributed by atoms with E-state index in [1.807, 2.05) is 56.3 Å². The van der Waals surface area contributed by atoms with E-state index in [1.54, 1.807) is 29.2 Å². The number of hydrogen-bond donors (Lipinski definition) is 1. The van der Waals surface area contributed by atoms with Gasteiger partial charge in [-0.15, -0.1) is 0 Å². The van der Waals surface area contributed by atoms with E-state index in [1.165, 1.54) is 0 Å². The lowest BCUT2D eigenvalue weighted by atomic mass is 10.1. The van der Waals surface area contributed by atoms with Gasteiger partial charge in [0, 0.05) is 29.9 Å². The van der Waals surface area contributed by atoms with Crippen molar-refractivity contribution >= 4 is 17.5 Å². The minimum absolute atomic E-state index is 0.102. The van der Waals surface area contributed by atoms with Gasteiger partial charge in [-0.1, -0.05) is 30.3 Å². The highest BCUT2D eigenvalue weighted by Gasteiger charge is 2.19. The lowest BCUT2D eigenvalue weighted by Crippen LogP contribution is -2.30. The summed E-state index contributed by atoms with van der Waals surface area (Å²) in [5.41, 5.74) is 3.57. The van der Waals surface area contributed by atoms with Crippen LogP contribution in [-0.2, 0) is 6.54 Å². The maximum atomic E-state index is 13.2. The van der Waals surface area contributed by atoms with Crippen molar-refractivity contribution in [2.45, 2.75) is 20.4 Å². The van der Waals surface area contributed by atoms with Gasteiger partial charge in [0.1, 0.15) is 0 Å². The van der Waals surface area contributed by atoms with Crippen LogP contribution in [0.3, 0.4) is 0 Å². The topological polar surface area (TPSA) is 67.9 Å². The molecule has 0 aromatic heterocycles. The number of benzene rings is 3. The van der Waals surface area contributed by atoms with Crippen molar-refractivity contribution in [3.8, 4) is 11.5 Å². The molecule has 31 heavy (non-hydrogen) atoms. The molecular weight excluding hydrogens is 392 g/mol. The molecular formula is C25H24N2O4. The largest absolute Gasteiger partial charge is 0.454 e. The van der Waals surface area contributed by atoms with Crippen LogP contribution in [0.4, 0.5) is 5.69 Å². The summed E-state index contributed by atoms with van der Waals surface area (Å²) >= 11 is 0. The molecule has 1 aliphatic rings. The Morgan fingerprint density at radius 2 is 1.71 bits per heavy atom. The van der Waals surface area contributed by atoms with Crippen molar-refractivity contribution in [3.05, 3.63) is 89.0 Å². The molecule has 3 aromatic carbocycles. The third-order valence-corrected chi connectivity index (χ3v) is 5.25. The van der Waals surface area contributed by atoms with E-state index in [9.17, 15) is 9.59 Å². The van der Waals surface area contributed by atoms with Crippen LogP contribution in [0.5, 0.6) is 11.5 Å². The molecule has 0 aliphatic carbocycles. The van der Waals surface area contributed by atoms with Crippen molar-refractivity contribution < 1.29 is 19.1 Å². The Labute approximate surface area is 181 Å². The number of carbonyl (C=O) groups is 2. The van der Waals surface area contributed by atoms with Crippen molar-refractivity contribution in [2.24, 2.45) is 0 Å². The number of aryl methyl sites for hydroxylation is 1. The average molecular weight is 416 g/mol. The van der Waals surface area contributed by atoms with E-state index in [2.05, 4.69) is 5.32 Å². The third-order valence-electron chi connectivity index (χ3n) is 5.25. The SMILES string of the molecule is CCN(Cc1ccc2c(c1)OCO2)C(=O)c1ccc(C)c(NC(=O)c2ccccc2)c1. The van der Waals surface area contributed by atoms with Gasteiger partial charge in [0.15, 0.2) is 11.5 Å². The first kappa shape index (κ1) is 20.5. The van der Waals surface area contributed by atoms with E-state index >= 15 is 0 Å². The molecule has 0 fully saturated rings. The van der Waals surface area contributed by atoms with E-state index < -0.39 is 0 Å². The maximum absolute atomic E-state index is 13.2. The van der Waals surface area contributed by atoms with Gasteiger partial charge in [0.05, 0.1) is 0 Å². The second kappa shape index (κ2) is 8.92. The predicted molar refractivity (Wildman–Crippen MR) is 119 cm³/mol. The van der Waals surface area contributed by atoms with E-state index in [0.29, 0.717) is 35.7 Å². The first-order valence-electron chi connectivity index (χ1n) is 10.2. The second-order valence-corrected chi connectivity index (χ2v) is 7.36. The highest BCUT2D eigenvalue weighted by Crippen LogP contribution is 2.33. The molecule has 1 heterocycles. The van der Waals surface area contributed by atoms with Crippen LogP contribution in [0.15, 0.2) is 66.7 Å². The molecule has 0 bridgehead atoms. The zero-order valence-electron chi connectivity index (χ0n) is 17.6. The molecule has 0 saturated carbocycles. The van der Waals surface area contributed by atoms with Gasteiger partial charge in [-0.05, 0) is 61.4 Å². The maximum Gasteiger partial charge on any atom is 0.255 e. The summed E-state index contributed by atoms with van der Waals surface area (Å²) < 4.78 is 10.8. The van der Waals surface area contributed by atoms with Gasteiger partial charge in [-0.3, -0.25) is 9.59 Å². The Hall–Kier alpha value is -3.80. The van der Waals surface area contributed by atoms with Gasteiger partial charge >= 0.3 is 0 Å². The molecule has 2 amide bonds. The average Bonchev–Trinajstić information content (AvgIpc) is 3.27. The molecule has 0 spiro atoms. The molecule has 3 aromatic rings. The van der Waals surface area contributed by atoms with Crippen molar-refractivity contribution in [3.63, 3.8) is 0 Å². The van der Waals surface area contributed by atoms with Crippen LogP contribution in [0.1, 0.15) is 38.8 Å². The Balaban J connectivity index is 1.51. The summed E-state index contributed by atoms with van der Waals surface area (Å²) in [7, 11) is 0. The smallest absolute Gasteiger partial charge is 0.255 e. The predicted octanol–water partition coefficient (Wildman–Crippen LogP) is 4.64. The van der Waals surface area contributed by atoms with Crippen molar-refractivity contribution in [2.75, 3.05) is 18.7 Å². The first-order valence-corrected chi connectivity index (χ1v) is 10.2. The van der Waals surface area contributed by atoms with Crippen molar-refractivity contribution in [1.29, 1.82) is 0 Å². The Kier molecular flexibility index (Phi) is 5.89. The number of rotatable bonds is 6. The van der Waals surface area contributed by atoms with Gasteiger partial charge in [-0.25, -0.2) is 0 Å². The summed E-state index contributed by atoms with van der Waals surface area (Å²) in [6.07, 6.45) is 0. The monoisotopic (exact) mass is 416 g/mol. The number of nitrogens with one attached hydrogen (secondary N) is 1. The molecule has 0 radical (unpaired) electrons. The third kappa shape index (κ3) is 4.53. The number of fused-ring (bicyclic) bond motifs is 1. The number of carbonyl (C=O) groups excluding carboxylic acids is 2. The van der Waals surface area contributed by atoms with E-state index in [0.717, 1.165) is 16.9 Å². The van der Waals surface area contributed by atoms with E-state index in [4.69, 9.17) is 9.47 Å². The van der Waals surface area contributed by atoms with Gasteiger partial charge in [0.2, 0.25) is 6.79 Å². The standard InChI is InChI=1S/C25H24N2O4/c1-3-27(15-18-10-12-22-23(13-18)31-16-30-22)25(29)20-11-9-17(2)21(14-20)26-24(28)19-7-5-4-6-8-19/h4-14H,3,15-16H2,1-2H3,(H,26,28). The fourth-order valence-electron chi connectivity index (χ4n) is 3.44. The van der Waals surface area contributed by atoms with Crippen LogP contribution >= 0.6 is 0 Å². The summed E-state index contributed by atoms with van der Waals surface area (Å²) in [6, 6.07) is 20.1. The summed E-state index contributed by atoms with van der Waals surface area (Å²) in [6.45, 7) is 5.06. The highest BCUT2D eigenvalue weighted by molar-refractivity contribution is 6.05. The molecule has 1 aliphatic heterocycles. The molecule has 6 nitrogen and oxygen atoms in total. The van der Waals surface area contributed by atoms with Gasteiger partial charge in [-0.2, -0.15) is 0 Å². The van der Waals surface area contributed by atoms with Crippen molar-refractivity contribution in [1.82, 2.24) is 4.90 Å². The van der Waals surface area contributed by atoms with Crippen LogP contribution in [-0.4, -0.2) is 30.1 Å². The minimum Gasteiger partial charge on any atom is -0.454 e. The number of anilines is 1. The fourth-order valence-corrected chi connectivity index (χ4v) is 3.44. The molecule has 0 atom stereocenters. The molecule has 0 saturated heterocycles. The molecule has 158 valence electrons. The number of amides is 2. The van der Waals surface area contributed by atoms with Crippen LogP contribution in [0, 0.1) is 6.92 Å². The highest BCUT2D eigenvalue weighted by atomic mass is 16.7. The zero-order valence-corrected chi connectivity index (χ0v) is 17.6. The molecule has 6 heteroatoms. The molecule has 0 unspecified atom stereocenters. The minimum atomic E-state index is -0.207. The Morgan fingerprint density at radius 3 is 2.48 bits per heavy atom. The molecule has 1 N–H and O–H groups in total.